The highest BCUT2D eigenvalue weighted by Crippen LogP contribution is 2.36. The Kier molecular flexibility index (Phi) is 6.39. The zero-order chi connectivity index (χ0) is 15.1. The first-order valence-electron chi connectivity index (χ1n) is 8.03. The third-order valence-corrected chi connectivity index (χ3v) is 4.05. The fraction of sp³-hybridized carbons (Fsp3) is 0.750. The second-order valence-corrected chi connectivity index (χ2v) is 5.81. The van der Waals surface area contributed by atoms with Gasteiger partial charge in [0.15, 0.2) is 0 Å². The molecule has 0 bridgehead atoms. The van der Waals surface area contributed by atoms with Crippen LogP contribution in [-0.4, -0.2) is 42.8 Å². The van der Waals surface area contributed by atoms with Crippen molar-refractivity contribution < 1.29 is 4.74 Å². The number of rotatable bonds is 10. The van der Waals surface area contributed by atoms with E-state index < -0.39 is 0 Å². The molecule has 1 fully saturated rings. The van der Waals surface area contributed by atoms with Crippen LogP contribution in [0, 0.1) is 5.92 Å². The Bertz CT molecular complexity index is 405. The van der Waals surface area contributed by atoms with Crippen molar-refractivity contribution in [3.8, 4) is 0 Å². The summed E-state index contributed by atoms with van der Waals surface area (Å²) < 4.78 is 5.23. The molecule has 0 aromatic carbocycles. The Morgan fingerprint density at radius 2 is 2.19 bits per heavy atom. The number of nitrogens with zero attached hydrogens (tertiary/aromatic N) is 3. The second kappa shape index (κ2) is 8.29. The van der Waals surface area contributed by atoms with Crippen molar-refractivity contribution in [3.63, 3.8) is 0 Å². The number of anilines is 1. The molecule has 1 aliphatic carbocycles. The topological polar surface area (TPSA) is 50.3 Å². The van der Waals surface area contributed by atoms with Crippen molar-refractivity contribution in [2.45, 2.75) is 45.7 Å². The normalized spacial score (nSPS) is 16.0. The maximum absolute atomic E-state index is 5.23. The second-order valence-electron chi connectivity index (χ2n) is 5.81. The highest BCUT2D eigenvalue weighted by Gasteiger charge is 2.32. The van der Waals surface area contributed by atoms with Crippen LogP contribution in [0.3, 0.4) is 0 Å². The van der Waals surface area contributed by atoms with Crippen LogP contribution in [0.25, 0.3) is 0 Å². The fourth-order valence-electron chi connectivity index (χ4n) is 2.53. The summed E-state index contributed by atoms with van der Waals surface area (Å²) >= 11 is 0. The van der Waals surface area contributed by atoms with E-state index in [-0.39, 0.29) is 0 Å². The number of ether oxygens (including phenoxy) is 1. The first-order chi connectivity index (χ1) is 10.3. The minimum Gasteiger partial charge on any atom is -0.383 e. The Labute approximate surface area is 128 Å². The summed E-state index contributed by atoms with van der Waals surface area (Å²) in [4.78, 5) is 11.5. The Hall–Kier alpha value is -1.20. The lowest BCUT2D eigenvalue weighted by Gasteiger charge is -2.30. The van der Waals surface area contributed by atoms with Crippen molar-refractivity contribution in [2.75, 3.05) is 31.7 Å². The lowest BCUT2D eigenvalue weighted by atomic mass is 10.2. The molecule has 21 heavy (non-hydrogen) atoms. The maximum Gasteiger partial charge on any atom is 0.147 e. The molecule has 0 radical (unpaired) electrons. The highest BCUT2D eigenvalue weighted by atomic mass is 16.5. The highest BCUT2D eigenvalue weighted by molar-refractivity contribution is 5.38. The molecule has 118 valence electrons. The molecule has 5 heteroatoms. The van der Waals surface area contributed by atoms with Gasteiger partial charge in [-0.3, -0.25) is 4.98 Å². The van der Waals surface area contributed by atoms with Gasteiger partial charge in [-0.1, -0.05) is 6.92 Å². The first kappa shape index (κ1) is 16.2. The van der Waals surface area contributed by atoms with Gasteiger partial charge in [-0.05, 0) is 38.6 Å². The van der Waals surface area contributed by atoms with Gasteiger partial charge in [-0.15, -0.1) is 0 Å². The smallest absolute Gasteiger partial charge is 0.147 e. The summed E-state index contributed by atoms with van der Waals surface area (Å²) in [6.07, 6.45) is 7.58. The predicted octanol–water partition coefficient (Wildman–Crippen LogP) is 2.23. The molecule has 0 amide bonds. The lowest BCUT2D eigenvalue weighted by molar-refractivity contribution is 0.202. The van der Waals surface area contributed by atoms with Crippen molar-refractivity contribution in [3.05, 3.63) is 18.1 Å². The van der Waals surface area contributed by atoms with Gasteiger partial charge in [-0.25, -0.2) is 4.98 Å². The van der Waals surface area contributed by atoms with Gasteiger partial charge in [-0.2, -0.15) is 0 Å². The van der Waals surface area contributed by atoms with Gasteiger partial charge in [0.25, 0.3) is 0 Å². The zero-order valence-corrected chi connectivity index (χ0v) is 13.5. The SMILES string of the molecule is CCCNCc1cnc(N(CCOC)C(C)C2CC2)cn1. The molecular weight excluding hydrogens is 264 g/mol. The average Bonchev–Trinajstić information content (AvgIpc) is 3.34. The van der Waals surface area contributed by atoms with Crippen LogP contribution in [-0.2, 0) is 11.3 Å². The standard InChI is InChI=1S/C16H28N4O/c1-4-7-17-10-15-11-19-16(12-18-15)20(8-9-21-3)13(2)14-5-6-14/h11-14,17H,4-10H2,1-3H3. The number of methoxy groups -OCH3 is 1. The monoisotopic (exact) mass is 292 g/mol. The molecule has 2 rings (SSSR count). The van der Waals surface area contributed by atoms with Crippen molar-refractivity contribution in [1.82, 2.24) is 15.3 Å². The number of hydrogen-bond acceptors (Lipinski definition) is 5. The van der Waals surface area contributed by atoms with Crippen LogP contribution in [0.5, 0.6) is 0 Å². The Balaban J connectivity index is 1.97. The lowest BCUT2D eigenvalue weighted by Crippen LogP contribution is -2.38. The van der Waals surface area contributed by atoms with E-state index in [4.69, 9.17) is 4.74 Å². The molecule has 0 spiro atoms. The number of nitrogens with one attached hydrogen (secondary N) is 1. The summed E-state index contributed by atoms with van der Waals surface area (Å²) in [6, 6.07) is 0.513. The van der Waals surface area contributed by atoms with E-state index in [1.54, 1.807) is 7.11 Å². The van der Waals surface area contributed by atoms with E-state index in [1.165, 1.54) is 12.8 Å². The van der Waals surface area contributed by atoms with Crippen LogP contribution in [0.1, 0.15) is 38.8 Å². The molecule has 0 aliphatic heterocycles. The predicted molar refractivity (Wildman–Crippen MR) is 85.4 cm³/mol. The zero-order valence-electron chi connectivity index (χ0n) is 13.5. The van der Waals surface area contributed by atoms with Gasteiger partial charge >= 0.3 is 0 Å². The summed E-state index contributed by atoms with van der Waals surface area (Å²) in [5.74, 6) is 1.76. The molecule has 1 N–H and O–H groups in total. The van der Waals surface area contributed by atoms with Crippen molar-refractivity contribution in [1.29, 1.82) is 0 Å². The van der Waals surface area contributed by atoms with Gasteiger partial charge in [0.1, 0.15) is 5.82 Å². The van der Waals surface area contributed by atoms with E-state index in [0.717, 1.165) is 50.1 Å². The molecule has 1 heterocycles. The van der Waals surface area contributed by atoms with E-state index >= 15 is 0 Å². The molecule has 1 aromatic rings. The summed E-state index contributed by atoms with van der Waals surface area (Å²) in [7, 11) is 1.74. The van der Waals surface area contributed by atoms with Crippen molar-refractivity contribution >= 4 is 5.82 Å². The van der Waals surface area contributed by atoms with E-state index in [2.05, 4.69) is 34.0 Å². The van der Waals surface area contributed by atoms with E-state index in [0.29, 0.717) is 6.04 Å². The van der Waals surface area contributed by atoms with Gasteiger partial charge in [0.2, 0.25) is 0 Å². The molecule has 5 nitrogen and oxygen atoms in total. The van der Waals surface area contributed by atoms with Gasteiger partial charge in [0.05, 0.1) is 24.7 Å². The molecule has 0 saturated heterocycles. The van der Waals surface area contributed by atoms with Crippen LogP contribution in [0.15, 0.2) is 12.4 Å². The maximum atomic E-state index is 5.23. The van der Waals surface area contributed by atoms with E-state index in [1.807, 2.05) is 12.4 Å². The summed E-state index contributed by atoms with van der Waals surface area (Å²) in [5, 5.41) is 3.35. The Morgan fingerprint density at radius 3 is 2.76 bits per heavy atom. The van der Waals surface area contributed by atoms with Gasteiger partial charge in [0, 0.05) is 26.2 Å². The third-order valence-electron chi connectivity index (χ3n) is 4.05. The van der Waals surface area contributed by atoms with Crippen LogP contribution in [0.4, 0.5) is 5.82 Å². The Morgan fingerprint density at radius 1 is 1.38 bits per heavy atom. The van der Waals surface area contributed by atoms with Gasteiger partial charge < -0.3 is 15.0 Å². The summed E-state index contributed by atoms with van der Waals surface area (Å²) in [5.41, 5.74) is 0.998. The van der Waals surface area contributed by atoms with Crippen molar-refractivity contribution in [2.24, 2.45) is 5.92 Å². The largest absolute Gasteiger partial charge is 0.383 e. The summed E-state index contributed by atoms with van der Waals surface area (Å²) in [6.45, 7) is 7.84. The molecule has 1 atom stereocenters. The van der Waals surface area contributed by atoms with Crippen LogP contribution < -0.4 is 10.2 Å². The molecule has 1 unspecified atom stereocenters. The molecule has 1 aromatic heterocycles. The molecule has 1 aliphatic rings. The number of aromatic nitrogens is 2. The minimum absolute atomic E-state index is 0.513. The quantitative estimate of drug-likeness (QED) is 0.670. The third kappa shape index (κ3) is 4.93. The first-order valence-corrected chi connectivity index (χ1v) is 8.03. The van der Waals surface area contributed by atoms with E-state index in [9.17, 15) is 0 Å². The van der Waals surface area contributed by atoms with Crippen LogP contribution >= 0.6 is 0 Å². The average molecular weight is 292 g/mol. The fourth-order valence-corrected chi connectivity index (χ4v) is 2.53. The van der Waals surface area contributed by atoms with Crippen LogP contribution in [0.2, 0.25) is 0 Å². The number of hydrogen-bond donors (Lipinski definition) is 1. The molecule has 1 saturated carbocycles. The minimum atomic E-state index is 0.513. The molecular formula is C16H28N4O.